The molecule has 1 aliphatic carbocycles. The fourth-order valence-electron chi connectivity index (χ4n) is 2.99. The summed E-state index contributed by atoms with van der Waals surface area (Å²) in [6.07, 6.45) is 6.36. The van der Waals surface area contributed by atoms with Crippen molar-refractivity contribution >= 4 is 33.4 Å². The average Bonchev–Trinajstić information content (AvgIpc) is 2.42. The molecule has 0 aliphatic heterocycles. The Labute approximate surface area is 134 Å². The third-order valence-corrected chi connectivity index (χ3v) is 5.38. The minimum absolute atomic E-state index is 0.0832. The summed E-state index contributed by atoms with van der Waals surface area (Å²) in [4.78, 5) is 12.1. The van der Waals surface area contributed by atoms with E-state index in [2.05, 4.69) is 28.2 Å². The normalized spacial score (nSPS) is 22.6. The predicted octanol–water partition coefficient (Wildman–Crippen LogP) is 5.05. The first kappa shape index (κ1) is 15.8. The molecule has 1 aromatic rings. The minimum atomic E-state index is -0.0832. The number of hydrogen-bond donors (Lipinski definition) is 1. The number of hydrogen-bond acceptors (Lipinski definition) is 1. The monoisotopic (exact) mass is 357 g/mol. The first-order chi connectivity index (χ1) is 9.58. The van der Waals surface area contributed by atoms with Gasteiger partial charge in [0.25, 0.3) is 5.91 Å². The van der Waals surface area contributed by atoms with E-state index in [1.807, 2.05) is 12.1 Å². The van der Waals surface area contributed by atoms with Crippen molar-refractivity contribution in [1.29, 1.82) is 0 Å². The van der Waals surface area contributed by atoms with Crippen LogP contribution in [0, 0.1) is 11.8 Å². The van der Waals surface area contributed by atoms with Gasteiger partial charge in [-0.05, 0) is 52.7 Å². The molecule has 1 amide bonds. The highest BCUT2D eigenvalue weighted by Gasteiger charge is 2.19. The Balaban J connectivity index is 1.82. The van der Waals surface area contributed by atoms with Crippen molar-refractivity contribution in [3.63, 3.8) is 0 Å². The molecule has 110 valence electrons. The van der Waals surface area contributed by atoms with E-state index < -0.39 is 0 Å². The Morgan fingerprint density at radius 3 is 3.00 bits per heavy atom. The first-order valence-corrected chi connectivity index (χ1v) is 8.47. The summed E-state index contributed by atoms with van der Waals surface area (Å²) in [5.74, 6) is 1.51. The molecule has 0 aromatic heterocycles. The molecule has 0 spiro atoms. The van der Waals surface area contributed by atoms with Crippen LogP contribution in [0.5, 0.6) is 0 Å². The average molecular weight is 359 g/mol. The molecule has 1 fully saturated rings. The molecule has 0 saturated heterocycles. The third-order valence-electron chi connectivity index (χ3n) is 4.08. The predicted molar refractivity (Wildman–Crippen MR) is 87.2 cm³/mol. The highest BCUT2D eigenvalue weighted by atomic mass is 79.9. The van der Waals surface area contributed by atoms with Crippen molar-refractivity contribution in [3.05, 3.63) is 33.3 Å². The Kier molecular flexibility index (Phi) is 5.91. The van der Waals surface area contributed by atoms with Gasteiger partial charge in [0.15, 0.2) is 0 Å². The van der Waals surface area contributed by atoms with Crippen LogP contribution in [0.3, 0.4) is 0 Å². The summed E-state index contributed by atoms with van der Waals surface area (Å²) < 4.78 is 0.757. The van der Waals surface area contributed by atoms with Gasteiger partial charge in [-0.2, -0.15) is 0 Å². The summed E-state index contributed by atoms with van der Waals surface area (Å²) in [5, 5.41) is 3.47. The molecule has 2 unspecified atom stereocenters. The van der Waals surface area contributed by atoms with Gasteiger partial charge in [0.05, 0.1) is 10.6 Å². The zero-order chi connectivity index (χ0) is 14.5. The van der Waals surface area contributed by atoms with Crippen LogP contribution in [0.15, 0.2) is 22.7 Å². The number of rotatable bonds is 4. The van der Waals surface area contributed by atoms with Gasteiger partial charge >= 0.3 is 0 Å². The van der Waals surface area contributed by atoms with Crippen molar-refractivity contribution in [3.8, 4) is 0 Å². The van der Waals surface area contributed by atoms with Crippen molar-refractivity contribution in [2.45, 2.75) is 39.0 Å². The number of carbonyl (C=O) groups excluding carboxylic acids is 1. The highest BCUT2D eigenvalue weighted by molar-refractivity contribution is 9.10. The van der Waals surface area contributed by atoms with Gasteiger partial charge in [-0.15, -0.1) is 0 Å². The van der Waals surface area contributed by atoms with Gasteiger partial charge in [0.2, 0.25) is 0 Å². The Bertz CT molecular complexity index is 478. The fourth-order valence-corrected chi connectivity index (χ4v) is 3.56. The van der Waals surface area contributed by atoms with Crippen LogP contribution in [0.4, 0.5) is 0 Å². The smallest absolute Gasteiger partial charge is 0.252 e. The van der Waals surface area contributed by atoms with E-state index in [0.29, 0.717) is 10.6 Å². The van der Waals surface area contributed by atoms with Crippen LogP contribution in [0.1, 0.15) is 49.4 Å². The van der Waals surface area contributed by atoms with E-state index >= 15 is 0 Å². The number of amides is 1. The summed E-state index contributed by atoms with van der Waals surface area (Å²) in [5.41, 5.74) is 0.540. The van der Waals surface area contributed by atoms with E-state index in [9.17, 15) is 4.79 Å². The molecule has 1 N–H and O–H groups in total. The van der Waals surface area contributed by atoms with Gasteiger partial charge in [-0.25, -0.2) is 0 Å². The Morgan fingerprint density at radius 2 is 2.25 bits per heavy atom. The lowest BCUT2D eigenvalue weighted by molar-refractivity contribution is 0.0949. The van der Waals surface area contributed by atoms with E-state index in [0.717, 1.165) is 29.3 Å². The van der Waals surface area contributed by atoms with Crippen LogP contribution in [0.25, 0.3) is 0 Å². The molecule has 1 aromatic carbocycles. The van der Waals surface area contributed by atoms with Gasteiger partial charge in [-0.3, -0.25) is 4.79 Å². The van der Waals surface area contributed by atoms with E-state index in [-0.39, 0.29) is 5.91 Å². The number of halogens is 2. The fraction of sp³-hybridized carbons (Fsp3) is 0.562. The standard InChI is InChI=1S/C16H21BrClNO/c1-11-4-2-5-12(10-11)8-9-19-16(20)13-6-3-7-14(17)15(13)18/h3,6-7,11-12H,2,4-5,8-10H2,1H3,(H,19,20). The van der Waals surface area contributed by atoms with E-state index in [4.69, 9.17) is 11.6 Å². The summed E-state index contributed by atoms with van der Waals surface area (Å²) in [6, 6.07) is 5.42. The molecule has 2 nitrogen and oxygen atoms in total. The van der Waals surface area contributed by atoms with Gasteiger partial charge in [-0.1, -0.05) is 43.9 Å². The number of nitrogens with one attached hydrogen (secondary N) is 1. The topological polar surface area (TPSA) is 29.1 Å². The zero-order valence-electron chi connectivity index (χ0n) is 11.8. The van der Waals surface area contributed by atoms with Crippen molar-refractivity contribution in [1.82, 2.24) is 5.32 Å². The second kappa shape index (κ2) is 7.46. The van der Waals surface area contributed by atoms with E-state index in [1.54, 1.807) is 6.07 Å². The number of benzene rings is 1. The largest absolute Gasteiger partial charge is 0.352 e. The maximum absolute atomic E-state index is 12.1. The quantitative estimate of drug-likeness (QED) is 0.802. The highest BCUT2D eigenvalue weighted by Crippen LogP contribution is 2.30. The van der Waals surface area contributed by atoms with Crippen molar-refractivity contribution in [2.24, 2.45) is 11.8 Å². The molecule has 2 atom stereocenters. The van der Waals surface area contributed by atoms with Gasteiger partial charge in [0, 0.05) is 11.0 Å². The van der Waals surface area contributed by atoms with Gasteiger partial charge < -0.3 is 5.32 Å². The Morgan fingerprint density at radius 1 is 1.45 bits per heavy atom. The minimum Gasteiger partial charge on any atom is -0.352 e. The second-order valence-corrected chi connectivity index (χ2v) is 7.02. The van der Waals surface area contributed by atoms with E-state index in [1.165, 1.54) is 25.7 Å². The molecule has 1 aliphatic rings. The number of carbonyl (C=O) groups is 1. The molecule has 0 bridgehead atoms. The SMILES string of the molecule is CC1CCCC(CCNC(=O)c2cccc(Br)c2Cl)C1. The first-order valence-electron chi connectivity index (χ1n) is 7.30. The lowest BCUT2D eigenvalue weighted by Gasteiger charge is -2.26. The van der Waals surface area contributed by atoms with Crippen LogP contribution < -0.4 is 5.32 Å². The lowest BCUT2D eigenvalue weighted by Crippen LogP contribution is -2.27. The molecule has 20 heavy (non-hydrogen) atoms. The lowest BCUT2D eigenvalue weighted by atomic mass is 9.81. The summed E-state index contributed by atoms with van der Waals surface area (Å²) in [7, 11) is 0. The van der Waals surface area contributed by atoms with Crippen LogP contribution in [-0.4, -0.2) is 12.5 Å². The second-order valence-electron chi connectivity index (χ2n) is 5.78. The maximum atomic E-state index is 12.1. The zero-order valence-corrected chi connectivity index (χ0v) is 14.1. The summed E-state index contributed by atoms with van der Waals surface area (Å²) >= 11 is 9.47. The maximum Gasteiger partial charge on any atom is 0.252 e. The summed E-state index contributed by atoms with van der Waals surface area (Å²) in [6.45, 7) is 3.06. The van der Waals surface area contributed by atoms with Crippen LogP contribution >= 0.6 is 27.5 Å². The molecular formula is C16H21BrClNO. The van der Waals surface area contributed by atoms with Crippen molar-refractivity contribution < 1.29 is 4.79 Å². The molecule has 0 radical (unpaired) electrons. The van der Waals surface area contributed by atoms with Crippen LogP contribution in [-0.2, 0) is 0 Å². The van der Waals surface area contributed by atoms with Gasteiger partial charge in [0.1, 0.15) is 0 Å². The molecular weight excluding hydrogens is 338 g/mol. The molecule has 0 heterocycles. The van der Waals surface area contributed by atoms with Crippen LogP contribution in [0.2, 0.25) is 5.02 Å². The molecule has 2 rings (SSSR count). The molecule has 1 saturated carbocycles. The third kappa shape index (κ3) is 4.23. The molecule has 4 heteroatoms. The Hall–Kier alpha value is -0.540. The van der Waals surface area contributed by atoms with Crippen molar-refractivity contribution in [2.75, 3.05) is 6.54 Å².